The molecule has 7 heteroatoms. The maximum absolute atomic E-state index is 13.6. The number of nitrogens with one attached hydrogen (secondary N) is 1. The molecule has 1 saturated carbocycles. The Morgan fingerprint density at radius 1 is 1.42 bits per heavy atom. The Hall–Kier alpha value is -2.57. The van der Waals surface area contributed by atoms with Crippen LogP contribution in [0, 0.1) is 5.82 Å². The van der Waals surface area contributed by atoms with Gasteiger partial charge in [0.25, 0.3) is 5.91 Å². The van der Waals surface area contributed by atoms with Gasteiger partial charge in [0, 0.05) is 25.7 Å². The van der Waals surface area contributed by atoms with Gasteiger partial charge in [0.15, 0.2) is 23.1 Å². The molecule has 3 rings (SSSR count). The second kappa shape index (κ2) is 6.51. The van der Waals surface area contributed by atoms with Gasteiger partial charge >= 0.3 is 0 Å². The summed E-state index contributed by atoms with van der Waals surface area (Å²) in [6.45, 7) is 0. The highest BCUT2D eigenvalue weighted by molar-refractivity contribution is 6.04. The van der Waals surface area contributed by atoms with E-state index in [0.29, 0.717) is 22.7 Å². The summed E-state index contributed by atoms with van der Waals surface area (Å²) in [7, 11) is 4.96. The minimum Gasteiger partial charge on any atom is -0.494 e. The van der Waals surface area contributed by atoms with Gasteiger partial charge < -0.3 is 19.5 Å². The molecule has 0 bridgehead atoms. The molecule has 1 N–H and O–H groups in total. The van der Waals surface area contributed by atoms with E-state index in [2.05, 4.69) is 10.5 Å². The van der Waals surface area contributed by atoms with Crippen molar-refractivity contribution in [2.45, 2.75) is 25.3 Å². The summed E-state index contributed by atoms with van der Waals surface area (Å²) < 4.78 is 24.1. The molecule has 0 saturated heterocycles. The Balaban J connectivity index is 2.02. The minimum atomic E-state index is -0.478. The smallest absolute Gasteiger partial charge is 0.259 e. The molecule has 1 amide bonds. The van der Waals surface area contributed by atoms with Gasteiger partial charge in [0.2, 0.25) is 0 Å². The van der Waals surface area contributed by atoms with Crippen LogP contribution in [0.25, 0.3) is 11.3 Å². The average Bonchev–Trinajstić information content (AvgIpc) is 2.96. The molecule has 24 heavy (non-hydrogen) atoms. The monoisotopic (exact) mass is 333 g/mol. The topological polar surface area (TPSA) is 67.6 Å². The average molecular weight is 333 g/mol. The zero-order valence-corrected chi connectivity index (χ0v) is 13.9. The molecule has 0 spiro atoms. The number of aromatic nitrogens is 1. The van der Waals surface area contributed by atoms with E-state index in [1.165, 1.54) is 25.3 Å². The lowest BCUT2D eigenvalue weighted by Crippen LogP contribution is -2.40. The van der Waals surface area contributed by atoms with Gasteiger partial charge in [-0.2, -0.15) is 0 Å². The molecule has 1 aromatic carbocycles. The Bertz CT molecular complexity index is 754. The Morgan fingerprint density at radius 2 is 2.17 bits per heavy atom. The lowest BCUT2D eigenvalue weighted by Gasteiger charge is -2.26. The van der Waals surface area contributed by atoms with Gasteiger partial charge in [-0.25, -0.2) is 4.39 Å². The maximum Gasteiger partial charge on any atom is 0.259 e. The quantitative estimate of drug-likeness (QED) is 0.911. The molecule has 1 aliphatic carbocycles. The van der Waals surface area contributed by atoms with Crippen LogP contribution in [-0.4, -0.2) is 38.3 Å². The van der Waals surface area contributed by atoms with Crippen molar-refractivity contribution in [2.24, 2.45) is 0 Å². The molecule has 2 aromatic rings. The van der Waals surface area contributed by atoms with E-state index in [4.69, 9.17) is 9.26 Å². The molecule has 1 fully saturated rings. The zero-order valence-electron chi connectivity index (χ0n) is 13.9. The van der Waals surface area contributed by atoms with Crippen LogP contribution in [0.2, 0.25) is 0 Å². The molecular formula is C17H20FN3O3. The predicted molar refractivity (Wildman–Crippen MR) is 87.9 cm³/mol. The van der Waals surface area contributed by atoms with E-state index in [1.54, 1.807) is 19.0 Å². The van der Waals surface area contributed by atoms with Crippen molar-refractivity contribution in [3.63, 3.8) is 0 Å². The van der Waals surface area contributed by atoms with Crippen LogP contribution in [0.4, 0.5) is 10.2 Å². The fourth-order valence-corrected chi connectivity index (χ4v) is 2.60. The fourth-order valence-electron chi connectivity index (χ4n) is 2.60. The fraction of sp³-hybridized carbons (Fsp3) is 0.412. The highest BCUT2D eigenvalue weighted by Crippen LogP contribution is 2.33. The zero-order chi connectivity index (χ0) is 17.3. The Kier molecular flexibility index (Phi) is 4.42. The number of anilines is 1. The van der Waals surface area contributed by atoms with Crippen molar-refractivity contribution < 1.29 is 18.4 Å². The first-order valence-corrected chi connectivity index (χ1v) is 7.83. The number of rotatable bonds is 5. The molecule has 1 aromatic heterocycles. The number of carbonyl (C=O) groups excluding carboxylic acids is 1. The van der Waals surface area contributed by atoms with Crippen LogP contribution in [0.3, 0.4) is 0 Å². The molecule has 1 heterocycles. The summed E-state index contributed by atoms with van der Waals surface area (Å²) >= 11 is 0. The summed E-state index contributed by atoms with van der Waals surface area (Å²) in [5.41, 5.74) is 0.883. The summed E-state index contributed by atoms with van der Waals surface area (Å²) in [5, 5.41) is 6.99. The van der Waals surface area contributed by atoms with E-state index >= 15 is 0 Å². The molecule has 128 valence electrons. The van der Waals surface area contributed by atoms with Crippen molar-refractivity contribution in [2.75, 3.05) is 26.1 Å². The van der Waals surface area contributed by atoms with Crippen LogP contribution in [0.15, 0.2) is 22.7 Å². The van der Waals surface area contributed by atoms with Crippen LogP contribution >= 0.6 is 0 Å². The van der Waals surface area contributed by atoms with Crippen molar-refractivity contribution in [1.29, 1.82) is 0 Å². The number of amides is 1. The van der Waals surface area contributed by atoms with Crippen LogP contribution < -0.4 is 15.0 Å². The van der Waals surface area contributed by atoms with E-state index in [0.717, 1.165) is 19.3 Å². The highest BCUT2D eigenvalue weighted by atomic mass is 19.1. The third-order valence-electron chi connectivity index (χ3n) is 4.18. The number of hydrogen-bond donors (Lipinski definition) is 1. The lowest BCUT2D eigenvalue weighted by atomic mass is 9.93. The van der Waals surface area contributed by atoms with Crippen molar-refractivity contribution >= 4 is 11.7 Å². The van der Waals surface area contributed by atoms with E-state index in [-0.39, 0.29) is 17.7 Å². The summed E-state index contributed by atoms with van der Waals surface area (Å²) in [6.07, 6.45) is 3.08. The summed E-state index contributed by atoms with van der Waals surface area (Å²) in [6, 6.07) is 4.51. The number of halogens is 1. The van der Waals surface area contributed by atoms with E-state index < -0.39 is 5.82 Å². The van der Waals surface area contributed by atoms with Gasteiger partial charge in [-0.1, -0.05) is 5.16 Å². The van der Waals surface area contributed by atoms with Crippen molar-refractivity contribution in [3.05, 3.63) is 29.6 Å². The standard InChI is InChI=1S/C17H20FN3O3/c1-21(2)16-14(17(22)19-11-5-4-6-11)15(24-20-16)10-7-8-12(18)13(9-10)23-3/h7-9,11H,4-6H2,1-3H3,(H,19,22). The maximum atomic E-state index is 13.6. The molecule has 6 nitrogen and oxygen atoms in total. The second-order valence-corrected chi connectivity index (χ2v) is 6.06. The lowest BCUT2D eigenvalue weighted by molar-refractivity contribution is 0.0917. The normalized spacial score (nSPS) is 14.2. The van der Waals surface area contributed by atoms with Crippen molar-refractivity contribution in [1.82, 2.24) is 10.5 Å². The number of carbonyl (C=O) groups is 1. The van der Waals surface area contributed by atoms with Crippen LogP contribution in [-0.2, 0) is 0 Å². The van der Waals surface area contributed by atoms with Gasteiger partial charge in [-0.05, 0) is 37.5 Å². The first-order valence-electron chi connectivity index (χ1n) is 7.83. The number of benzene rings is 1. The first-order chi connectivity index (χ1) is 11.5. The summed E-state index contributed by atoms with van der Waals surface area (Å²) in [5.74, 6) is 0.108. The van der Waals surface area contributed by atoms with Crippen molar-refractivity contribution in [3.8, 4) is 17.1 Å². The second-order valence-electron chi connectivity index (χ2n) is 6.06. The Morgan fingerprint density at radius 3 is 2.75 bits per heavy atom. The van der Waals surface area contributed by atoms with Gasteiger partial charge in [0.05, 0.1) is 7.11 Å². The predicted octanol–water partition coefficient (Wildman–Crippen LogP) is 2.84. The third-order valence-corrected chi connectivity index (χ3v) is 4.18. The number of ether oxygens (including phenoxy) is 1. The third kappa shape index (κ3) is 2.93. The molecule has 0 radical (unpaired) electrons. The van der Waals surface area contributed by atoms with Gasteiger partial charge in [-0.15, -0.1) is 0 Å². The van der Waals surface area contributed by atoms with Gasteiger partial charge in [0.1, 0.15) is 5.56 Å². The van der Waals surface area contributed by atoms with Gasteiger partial charge in [-0.3, -0.25) is 4.79 Å². The first kappa shape index (κ1) is 16.3. The molecule has 0 atom stereocenters. The van der Waals surface area contributed by atoms with E-state index in [1.807, 2.05) is 0 Å². The molecule has 0 aliphatic heterocycles. The Labute approximate surface area is 139 Å². The SMILES string of the molecule is COc1cc(-c2onc(N(C)C)c2C(=O)NC2CCC2)ccc1F. The summed E-state index contributed by atoms with van der Waals surface area (Å²) in [4.78, 5) is 14.4. The van der Waals surface area contributed by atoms with Crippen LogP contribution in [0.1, 0.15) is 29.6 Å². The highest BCUT2D eigenvalue weighted by Gasteiger charge is 2.29. The van der Waals surface area contributed by atoms with Crippen LogP contribution in [0.5, 0.6) is 5.75 Å². The molecule has 0 unspecified atom stereocenters. The molecular weight excluding hydrogens is 313 g/mol. The molecule has 1 aliphatic rings. The largest absolute Gasteiger partial charge is 0.494 e. The minimum absolute atomic E-state index is 0.0839. The number of hydrogen-bond acceptors (Lipinski definition) is 5. The van der Waals surface area contributed by atoms with E-state index in [9.17, 15) is 9.18 Å². The number of nitrogens with zero attached hydrogens (tertiary/aromatic N) is 2. The number of methoxy groups -OCH3 is 1.